The van der Waals surface area contributed by atoms with Crippen molar-refractivity contribution in [2.24, 2.45) is 0 Å². The second kappa shape index (κ2) is 4.74. The van der Waals surface area contributed by atoms with Crippen molar-refractivity contribution in [3.63, 3.8) is 0 Å². The fourth-order valence-corrected chi connectivity index (χ4v) is 3.71. The lowest BCUT2D eigenvalue weighted by Crippen LogP contribution is -2.10. The van der Waals surface area contributed by atoms with E-state index in [1.54, 1.807) is 9.12 Å². The monoisotopic (exact) mass is 333 g/mol. The minimum Gasteiger partial charge on any atom is -0.307 e. The number of anilines is 1. The van der Waals surface area contributed by atoms with Crippen molar-refractivity contribution in [2.45, 2.75) is 19.3 Å². The first-order valence-electron chi connectivity index (χ1n) is 4.96. The lowest BCUT2D eigenvalue weighted by molar-refractivity contribution is 0.112. The van der Waals surface area contributed by atoms with Gasteiger partial charge in [-0.1, -0.05) is 19.1 Å². The number of nitrogens with zero attached hydrogens (tertiary/aromatic N) is 1. The molecule has 0 fully saturated rings. The Morgan fingerprint density at radius 2 is 2.47 bits per heavy atom. The van der Waals surface area contributed by atoms with Gasteiger partial charge in [-0.3, -0.25) is 4.79 Å². The molecule has 0 spiro atoms. The molecule has 1 aliphatic heterocycles. The van der Waals surface area contributed by atoms with Crippen molar-refractivity contribution in [2.75, 3.05) is 10.8 Å². The quantitative estimate of drug-likeness (QED) is 0.477. The lowest BCUT2D eigenvalue weighted by Gasteiger charge is -2.13. The number of rotatable bonds is 3. The predicted octanol–water partition coefficient (Wildman–Crippen LogP) is 3.81. The van der Waals surface area contributed by atoms with Crippen molar-refractivity contribution in [1.82, 2.24) is 0 Å². The van der Waals surface area contributed by atoms with E-state index >= 15 is 0 Å². The molecule has 0 aliphatic carbocycles. The highest BCUT2D eigenvalue weighted by Crippen LogP contribution is 2.44. The van der Waals surface area contributed by atoms with Gasteiger partial charge in [0, 0.05) is 48.4 Å². The van der Waals surface area contributed by atoms with Crippen LogP contribution < -0.4 is 4.31 Å². The van der Waals surface area contributed by atoms with Crippen molar-refractivity contribution < 1.29 is 4.79 Å². The fraction of sp³-hybridized carbons (Fsp3) is 0.364. The summed E-state index contributed by atoms with van der Waals surface area (Å²) in [6.07, 6.45) is 2.06. The van der Waals surface area contributed by atoms with Gasteiger partial charge in [0.15, 0.2) is 0 Å². The Hall–Kier alpha value is -0.230. The maximum absolute atomic E-state index is 11.0. The summed E-state index contributed by atoms with van der Waals surface area (Å²) in [5.41, 5.74) is 3.30. The summed E-state index contributed by atoms with van der Waals surface area (Å²) in [6, 6.07) is 5.97. The largest absolute Gasteiger partial charge is 0.307 e. The lowest BCUT2D eigenvalue weighted by atomic mass is 9.94. The summed E-state index contributed by atoms with van der Waals surface area (Å²) in [5.74, 6) is 0.503. The molecule has 0 saturated carbocycles. The van der Waals surface area contributed by atoms with Crippen LogP contribution in [-0.2, 0) is 0 Å². The van der Waals surface area contributed by atoms with Crippen LogP contribution >= 0.6 is 30.3 Å². The van der Waals surface area contributed by atoms with Crippen LogP contribution in [-0.4, -0.2) is 12.8 Å². The number of carbonyl (C=O) groups excluding carboxylic acids is 1. The van der Waals surface area contributed by atoms with Gasteiger partial charge in [0.2, 0.25) is 0 Å². The van der Waals surface area contributed by atoms with Crippen LogP contribution in [0.3, 0.4) is 0 Å². The highest BCUT2D eigenvalue weighted by Gasteiger charge is 2.29. The Kier molecular flexibility index (Phi) is 3.56. The first-order chi connectivity index (χ1) is 7.31. The van der Waals surface area contributed by atoms with E-state index in [0.717, 1.165) is 24.8 Å². The topological polar surface area (TPSA) is 20.3 Å². The second-order valence-electron chi connectivity index (χ2n) is 3.63. The summed E-state index contributed by atoms with van der Waals surface area (Å²) in [6.45, 7) is 3.20. The van der Waals surface area contributed by atoms with Crippen LogP contribution in [0.25, 0.3) is 0 Å². The van der Waals surface area contributed by atoms with Crippen molar-refractivity contribution in [3.8, 4) is 0 Å². The van der Waals surface area contributed by atoms with Crippen molar-refractivity contribution >= 4 is 42.3 Å². The summed E-state index contributed by atoms with van der Waals surface area (Å²) in [7, 11) is 1.70. The SMILES string of the molecule is CC[C@H]1CN(SI)c2cccc(C=O)c21. The molecule has 1 aliphatic rings. The maximum atomic E-state index is 11.0. The Balaban J connectivity index is 2.52. The fourth-order valence-electron chi connectivity index (χ4n) is 2.12. The van der Waals surface area contributed by atoms with Gasteiger partial charge < -0.3 is 4.31 Å². The number of hydrogen-bond donors (Lipinski definition) is 0. The number of aldehydes is 1. The molecule has 80 valence electrons. The molecule has 2 nitrogen and oxygen atoms in total. The Labute approximate surface area is 106 Å². The normalized spacial score (nSPS) is 19.1. The van der Waals surface area contributed by atoms with Gasteiger partial charge in [-0.15, -0.1) is 0 Å². The molecule has 0 amide bonds. The van der Waals surface area contributed by atoms with Crippen LogP contribution in [0.4, 0.5) is 5.69 Å². The Morgan fingerprint density at radius 3 is 3.07 bits per heavy atom. The zero-order valence-corrected chi connectivity index (χ0v) is 11.4. The van der Waals surface area contributed by atoms with Gasteiger partial charge in [0.1, 0.15) is 6.29 Å². The molecule has 2 rings (SSSR count). The maximum Gasteiger partial charge on any atom is 0.150 e. The van der Waals surface area contributed by atoms with E-state index < -0.39 is 0 Å². The molecule has 0 N–H and O–H groups in total. The molecular weight excluding hydrogens is 321 g/mol. The van der Waals surface area contributed by atoms with Crippen molar-refractivity contribution in [3.05, 3.63) is 29.3 Å². The molecule has 1 aromatic carbocycles. The number of benzene rings is 1. The molecule has 1 heterocycles. The van der Waals surface area contributed by atoms with Gasteiger partial charge >= 0.3 is 0 Å². The molecule has 1 atom stereocenters. The van der Waals surface area contributed by atoms with E-state index in [1.807, 2.05) is 12.1 Å². The molecule has 0 saturated heterocycles. The highest BCUT2D eigenvalue weighted by molar-refractivity contribution is 14.2. The zero-order valence-electron chi connectivity index (χ0n) is 8.44. The van der Waals surface area contributed by atoms with Gasteiger partial charge in [-0.2, -0.15) is 0 Å². The van der Waals surface area contributed by atoms with E-state index in [1.165, 1.54) is 11.3 Å². The number of fused-ring (bicyclic) bond motifs is 1. The third-order valence-corrected chi connectivity index (χ3v) is 4.82. The minimum absolute atomic E-state index is 0.503. The zero-order chi connectivity index (χ0) is 10.8. The molecule has 4 heteroatoms. The Bertz CT molecular complexity index is 383. The van der Waals surface area contributed by atoms with E-state index in [4.69, 9.17) is 0 Å². The van der Waals surface area contributed by atoms with Crippen LogP contribution in [0.15, 0.2) is 18.2 Å². The van der Waals surface area contributed by atoms with Crippen LogP contribution in [0, 0.1) is 0 Å². The Morgan fingerprint density at radius 1 is 1.67 bits per heavy atom. The third-order valence-electron chi connectivity index (χ3n) is 2.88. The highest BCUT2D eigenvalue weighted by atomic mass is 127. The number of hydrogen-bond acceptors (Lipinski definition) is 3. The third kappa shape index (κ3) is 1.89. The number of carbonyl (C=O) groups is 1. The average Bonchev–Trinajstić information content (AvgIpc) is 2.66. The molecule has 15 heavy (non-hydrogen) atoms. The molecule has 0 radical (unpaired) electrons. The summed E-state index contributed by atoms with van der Waals surface area (Å²) >= 11 is 2.29. The average molecular weight is 333 g/mol. The van der Waals surface area contributed by atoms with Crippen LogP contribution in [0.5, 0.6) is 0 Å². The summed E-state index contributed by atoms with van der Waals surface area (Å²) in [5, 5.41) is 0. The number of halogens is 1. The first kappa shape index (κ1) is 11.3. The smallest absolute Gasteiger partial charge is 0.150 e. The summed E-state index contributed by atoms with van der Waals surface area (Å²) < 4.78 is 2.26. The van der Waals surface area contributed by atoms with E-state index in [-0.39, 0.29) is 0 Å². The van der Waals surface area contributed by atoms with Crippen LogP contribution in [0.2, 0.25) is 0 Å². The van der Waals surface area contributed by atoms with Crippen molar-refractivity contribution in [1.29, 1.82) is 0 Å². The van der Waals surface area contributed by atoms with Crippen LogP contribution in [0.1, 0.15) is 35.2 Å². The standard InChI is InChI=1S/C11H12INOS/c1-2-8-6-13(15-12)10-5-3-4-9(7-14)11(8)10/h3-5,7-8H,2,6H2,1H3/t8-/m0/s1. The van der Waals surface area contributed by atoms with Gasteiger partial charge in [0.05, 0.1) is 5.69 Å². The molecule has 0 bridgehead atoms. The van der Waals surface area contributed by atoms with E-state index in [9.17, 15) is 4.79 Å². The summed E-state index contributed by atoms with van der Waals surface area (Å²) in [4.78, 5) is 11.0. The predicted molar refractivity (Wildman–Crippen MR) is 73.8 cm³/mol. The molecule has 0 unspecified atom stereocenters. The van der Waals surface area contributed by atoms with Gasteiger partial charge in [-0.25, -0.2) is 0 Å². The second-order valence-corrected chi connectivity index (χ2v) is 5.39. The molecule has 1 aromatic rings. The molecule has 0 aromatic heterocycles. The van der Waals surface area contributed by atoms with Gasteiger partial charge in [-0.05, 0) is 18.1 Å². The minimum atomic E-state index is 0.503. The first-order valence-corrected chi connectivity index (χ1v) is 8.27. The van der Waals surface area contributed by atoms with E-state index in [0.29, 0.717) is 5.92 Å². The van der Waals surface area contributed by atoms with E-state index in [2.05, 4.69) is 38.5 Å². The molecular formula is C11H12INOS. The van der Waals surface area contributed by atoms with Gasteiger partial charge in [0.25, 0.3) is 0 Å².